The van der Waals surface area contributed by atoms with E-state index < -0.39 is 5.97 Å². The Balaban J connectivity index is 1.97. The van der Waals surface area contributed by atoms with E-state index in [9.17, 15) is 9.18 Å². The molecule has 0 aliphatic rings. The van der Waals surface area contributed by atoms with Crippen LogP contribution in [0, 0.1) is 5.82 Å². The number of nitrogens with zero attached hydrogens (tertiary/aromatic N) is 1. The minimum Gasteiger partial charge on any atom is -0.481 e. The predicted octanol–water partition coefficient (Wildman–Crippen LogP) is 3.85. The predicted molar refractivity (Wildman–Crippen MR) is 83.4 cm³/mol. The maximum atomic E-state index is 13.3. The Morgan fingerprint density at radius 3 is 2.73 bits per heavy atom. The first-order chi connectivity index (χ1) is 10.6. The molecule has 0 atom stereocenters. The molecule has 3 nitrogen and oxygen atoms in total. The highest BCUT2D eigenvalue weighted by atomic mass is 19.1. The fourth-order valence-corrected chi connectivity index (χ4v) is 2.73. The number of hydrogen-bond donors (Lipinski definition) is 1. The van der Waals surface area contributed by atoms with Crippen LogP contribution in [0.1, 0.15) is 17.5 Å². The third-order valence-electron chi connectivity index (χ3n) is 3.72. The van der Waals surface area contributed by atoms with Crippen LogP contribution in [-0.4, -0.2) is 15.6 Å². The lowest BCUT2D eigenvalue weighted by molar-refractivity contribution is -0.136. The number of carboxylic acid groups (broad SMARTS) is 1. The Hall–Kier alpha value is -2.62. The maximum absolute atomic E-state index is 13.3. The number of aromatic nitrogens is 1. The number of halogens is 1. The van der Waals surface area contributed by atoms with E-state index in [4.69, 9.17) is 5.11 Å². The summed E-state index contributed by atoms with van der Waals surface area (Å²) in [6.07, 6.45) is 2.57. The van der Waals surface area contributed by atoms with E-state index in [1.54, 1.807) is 6.07 Å². The second kappa shape index (κ2) is 6.02. The van der Waals surface area contributed by atoms with Crippen molar-refractivity contribution in [2.24, 2.45) is 0 Å². The summed E-state index contributed by atoms with van der Waals surface area (Å²) < 4.78 is 15.4. The zero-order chi connectivity index (χ0) is 15.5. The van der Waals surface area contributed by atoms with Crippen LogP contribution in [0.3, 0.4) is 0 Å². The summed E-state index contributed by atoms with van der Waals surface area (Å²) >= 11 is 0. The summed E-state index contributed by atoms with van der Waals surface area (Å²) in [4.78, 5) is 10.8. The molecule has 0 saturated heterocycles. The average Bonchev–Trinajstić information content (AvgIpc) is 2.84. The number of aryl methyl sites for hydroxylation is 1. The summed E-state index contributed by atoms with van der Waals surface area (Å²) in [6, 6.07) is 14.4. The Bertz CT molecular complexity index is 823. The molecular formula is C18H16FNO2. The molecular weight excluding hydrogens is 281 g/mol. The second-order valence-electron chi connectivity index (χ2n) is 5.32. The molecule has 1 aromatic heterocycles. The van der Waals surface area contributed by atoms with Gasteiger partial charge in [-0.15, -0.1) is 0 Å². The highest BCUT2D eigenvalue weighted by molar-refractivity contribution is 5.84. The van der Waals surface area contributed by atoms with E-state index in [1.165, 1.54) is 12.1 Å². The molecule has 0 fully saturated rings. The first-order valence-electron chi connectivity index (χ1n) is 7.16. The highest BCUT2D eigenvalue weighted by Gasteiger charge is 2.10. The van der Waals surface area contributed by atoms with Crippen LogP contribution in [0.2, 0.25) is 0 Å². The minimum atomic E-state index is -0.804. The van der Waals surface area contributed by atoms with Gasteiger partial charge in [0.25, 0.3) is 0 Å². The van der Waals surface area contributed by atoms with Crippen LogP contribution in [-0.2, 0) is 17.8 Å². The lowest BCUT2D eigenvalue weighted by atomic mass is 10.1. The lowest BCUT2D eigenvalue weighted by Gasteiger charge is -2.05. The fraction of sp³-hybridized carbons (Fsp3) is 0.167. The zero-order valence-electron chi connectivity index (χ0n) is 12.0. The van der Waals surface area contributed by atoms with E-state index >= 15 is 0 Å². The van der Waals surface area contributed by atoms with Gasteiger partial charge in [-0.2, -0.15) is 0 Å². The van der Waals surface area contributed by atoms with Gasteiger partial charge in [-0.3, -0.25) is 4.79 Å². The molecule has 3 aromatic rings. The Morgan fingerprint density at radius 1 is 1.14 bits per heavy atom. The molecule has 3 rings (SSSR count). The van der Waals surface area contributed by atoms with Crippen LogP contribution in [0.5, 0.6) is 0 Å². The number of rotatable bonds is 5. The quantitative estimate of drug-likeness (QED) is 0.777. The number of benzene rings is 2. The lowest BCUT2D eigenvalue weighted by Crippen LogP contribution is -1.99. The molecule has 0 amide bonds. The standard InChI is InChI=1S/C18H16FNO2/c19-15-5-3-4-13(10-15)11-20-12-14(8-9-18(21)22)16-6-1-2-7-17(16)20/h1-7,10,12H,8-9,11H2,(H,21,22). The molecule has 0 saturated carbocycles. The summed E-state index contributed by atoms with van der Waals surface area (Å²) in [7, 11) is 0. The smallest absolute Gasteiger partial charge is 0.303 e. The topological polar surface area (TPSA) is 42.2 Å². The molecule has 0 radical (unpaired) electrons. The monoisotopic (exact) mass is 297 g/mol. The highest BCUT2D eigenvalue weighted by Crippen LogP contribution is 2.23. The molecule has 2 aromatic carbocycles. The van der Waals surface area contributed by atoms with E-state index in [0.29, 0.717) is 13.0 Å². The number of aliphatic carboxylic acids is 1. The molecule has 0 bridgehead atoms. The van der Waals surface area contributed by atoms with Crippen molar-refractivity contribution in [1.29, 1.82) is 0 Å². The van der Waals surface area contributed by atoms with Crippen molar-refractivity contribution in [1.82, 2.24) is 4.57 Å². The summed E-state index contributed by atoms with van der Waals surface area (Å²) in [5.74, 6) is -1.05. The van der Waals surface area contributed by atoms with Gasteiger partial charge < -0.3 is 9.67 Å². The number of hydrogen-bond acceptors (Lipinski definition) is 1. The van der Waals surface area contributed by atoms with Gasteiger partial charge in [0.05, 0.1) is 0 Å². The van der Waals surface area contributed by atoms with Gasteiger partial charge in [0, 0.05) is 30.1 Å². The van der Waals surface area contributed by atoms with Gasteiger partial charge in [0.15, 0.2) is 0 Å². The van der Waals surface area contributed by atoms with Crippen molar-refractivity contribution in [3.63, 3.8) is 0 Å². The minimum absolute atomic E-state index is 0.105. The summed E-state index contributed by atoms with van der Waals surface area (Å²) in [6.45, 7) is 0.561. The van der Waals surface area contributed by atoms with Gasteiger partial charge in [0.2, 0.25) is 0 Å². The third-order valence-corrected chi connectivity index (χ3v) is 3.72. The van der Waals surface area contributed by atoms with Gasteiger partial charge in [-0.05, 0) is 35.7 Å². The van der Waals surface area contributed by atoms with E-state index in [1.807, 2.05) is 41.1 Å². The van der Waals surface area contributed by atoms with Crippen LogP contribution in [0.25, 0.3) is 10.9 Å². The number of fused-ring (bicyclic) bond motifs is 1. The third kappa shape index (κ3) is 3.01. The molecule has 1 heterocycles. The number of carboxylic acids is 1. The fourth-order valence-electron chi connectivity index (χ4n) is 2.73. The van der Waals surface area contributed by atoms with Gasteiger partial charge in [-0.1, -0.05) is 30.3 Å². The molecule has 112 valence electrons. The Morgan fingerprint density at radius 2 is 1.95 bits per heavy atom. The van der Waals surface area contributed by atoms with Crippen molar-refractivity contribution >= 4 is 16.9 Å². The Labute approximate surface area is 127 Å². The molecule has 0 aliphatic heterocycles. The van der Waals surface area contributed by atoms with Crippen LogP contribution in [0.4, 0.5) is 4.39 Å². The molecule has 22 heavy (non-hydrogen) atoms. The van der Waals surface area contributed by atoms with E-state index in [-0.39, 0.29) is 12.2 Å². The maximum Gasteiger partial charge on any atom is 0.303 e. The normalized spacial score (nSPS) is 11.0. The molecule has 0 spiro atoms. The Kier molecular flexibility index (Phi) is 3.92. The largest absolute Gasteiger partial charge is 0.481 e. The van der Waals surface area contributed by atoms with E-state index in [2.05, 4.69) is 0 Å². The van der Waals surface area contributed by atoms with Crippen LogP contribution in [0.15, 0.2) is 54.7 Å². The van der Waals surface area contributed by atoms with Gasteiger partial charge in [0.1, 0.15) is 5.82 Å². The van der Waals surface area contributed by atoms with E-state index in [0.717, 1.165) is 22.0 Å². The molecule has 0 aliphatic carbocycles. The molecule has 0 unspecified atom stereocenters. The van der Waals surface area contributed by atoms with Crippen molar-refractivity contribution < 1.29 is 14.3 Å². The molecule has 1 N–H and O–H groups in total. The zero-order valence-corrected chi connectivity index (χ0v) is 12.0. The first-order valence-corrected chi connectivity index (χ1v) is 7.16. The SMILES string of the molecule is O=C(O)CCc1cn(Cc2cccc(F)c2)c2ccccc12. The van der Waals surface area contributed by atoms with Crippen LogP contribution >= 0.6 is 0 Å². The van der Waals surface area contributed by atoms with Crippen molar-refractivity contribution in [2.45, 2.75) is 19.4 Å². The first kappa shape index (κ1) is 14.3. The van der Waals surface area contributed by atoms with Crippen molar-refractivity contribution in [3.8, 4) is 0 Å². The van der Waals surface area contributed by atoms with Gasteiger partial charge in [-0.25, -0.2) is 4.39 Å². The van der Waals surface area contributed by atoms with Crippen molar-refractivity contribution in [2.75, 3.05) is 0 Å². The average molecular weight is 297 g/mol. The number of para-hydroxylation sites is 1. The van der Waals surface area contributed by atoms with Crippen molar-refractivity contribution in [3.05, 3.63) is 71.7 Å². The summed E-state index contributed by atoms with van der Waals surface area (Å²) in [5, 5.41) is 9.93. The summed E-state index contributed by atoms with van der Waals surface area (Å²) in [5.41, 5.74) is 2.92. The second-order valence-corrected chi connectivity index (χ2v) is 5.32. The molecule has 4 heteroatoms. The number of carbonyl (C=O) groups is 1. The van der Waals surface area contributed by atoms with Gasteiger partial charge >= 0.3 is 5.97 Å². The van der Waals surface area contributed by atoms with Crippen LogP contribution < -0.4 is 0 Å².